The molecule has 0 aliphatic heterocycles. The van der Waals surface area contributed by atoms with Gasteiger partial charge in [-0.1, -0.05) is 19.1 Å². The van der Waals surface area contributed by atoms with Crippen LogP contribution in [0.1, 0.15) is 31.9 Å². The van der Waals surface area contributed by atoms with Gasteiger partial charge in [0.2, 0.25) is 5.91 Å². The van der Waals surface area contributed by atoms with Crippen molar-refractivity contribution in [3.8, 4) is 5.75 Å². The summed E-state index contributed by atoms with van der Waals surface area (Å²) in [6.45, 7) is 4.30. The average Bonchev–Trinajstić information content (AvgIpc) is 2.40. The number of nitrogens with two attached hydrogens (primary N) is 1. The molecule has 3 N–H and O–H groups in total. The number of ether oxygens (including phenoxy) is 1. The number of carbonyl (C=O) groups is 1. The molecule has 1 amide bonds. The van der Waals surface area contributed by atoms with Gasteiger partial charge in [0.05, 0.1) is 13.2 Å². The Balaban J connectivity index is 2.69. The smallest absolute Gasteiger partial charge is 0.224 e. The summed E-state index contributed by atoms with van der Waals surface area (Å²) in [5, 5.41) is 2.97. The van der Waals surface area contributed by atoms with Gasteiger partial charge in [0.15, 0.2) is 0 Å². The second kappa shape index (κ2) is 7.01. The van der Waals surface area contributed by atoms with Crippen LogP contribution < -0.4 is 15.8 Å². The highest BCUT2D eigenvalue weighted by atomic mass is 16.5. The molecule has 1 aromatic rings. The Morgan fingerprint density at radius 1 is 1.50 bits per heavy atom. The quantitative estimate of drug-likeness (QED) is 0.810. The van der Waals surface area contributed by atoms with E-state index in [0.717, 1.165) is 17.7 Å². The fraction of sp³-hybridized carbons (Fsp3) is 0.500. The van der Waals surface area contributed by atoms with Crippen molar-refractivity contribution in [2.24, 2.45) is 11.7 Å². The van der Waals surface area contributed by atoms with Crippen LogP contribution in [0.15, 0.2) is 24.3 Å². The van der Waals surface area contributed by atoms with Gasteiger partial charge in [0, 0.05) is 12.5 Å². The number of carbonyl (C=O) groups excluding carboxylic acids is 1. The zero-order valence-corrected chi connectivity index (χ0v) is 11.3. The molecule has 0 spiro atoms. The number of benzene rings is 1. The summed E-state index contributed by atoms with van der Waals surface area (Å²) in [6.07, 6.45) is 0.757. The predicted octanol–water partition coefficient (Wildman–Crippen LogP) is 1.86. The van der Waals surface area contributed by atoms with Crippen LogP contribution in [0.3, 0.4) is 0 Å². The first kappa shape index (κ1) is 14.5. The third-order valence-corrected chi connectivity index (χ3v) is 3.10. The van der Waals surface area contributed by atoms with Crippen molar-refractivity contribution in [1.29, 1.82) is 0 Å². The molecular weight excluding hydrogens is 228 g/mol. The minimum atomic E-state index is -0.113. The lowest BCUT2D eigenvalue weighted by molar-refractivity contribution is -0.125. The van der Waals surface area contributed by atoms with E-state index in [9.17, 15) is 4.79 Å². The highest BCUT2D eigenvalue weighted by molar-refractivity contribution is 5.79. The Morgan fingerprint density at radius 2 is 2.22 bits per heavy atom. The van der Waals surface area contributed by atoms with E-state index in [1.54, 1.807) is 7.11 Å². The van der Waals surface area contributed by atoms with Crippen LogP contribution in [0.5, 0.6) is 5.75 Å². The molecule has 0 saturated heterocycles. The largest absolute Gasteiger partial charge is 0.497 e. The third kappa shape index (κ3) is 3.74. The minimum absolute atomic E-state index is 0.00956. The summed E-state index contributed by atoms with van der Waals surface area (Å²) in [5.41, 5.74) is 6.59. The van der Waals surface area contributed by atoms with Crippen molar-refractivity contribution < 1.29 is 9.53 Å². The molecule has 0 heterocycles. The van der Waals surface area contributed by atoms with Gasteiger partial charge in [-0.25, -0.2) is 0 Å². The molecule has 0 radical (unpaired) electrons. The molecule has 0 fully saturated rings. The normalized spacial score (nSPS) is 13.8. The van der Waals surface area contributed by atoms with Crippen molar-refractivity contribution in [3.63, 3.8) is 0 Å². The second-order valence-corrected chi connectivity index (χ2v) is 4.35. The van der Waals surface area contributed by atoms with Gasteiger partial charge >= 0.3 is 0 Å². The number of rotatable bonds is 6. The summed E-state index contributed by atoms with van der Waals surface area (Å²) >= 11 is 0. The van der Waals surface area contributed by atoms with Crippen molar-refractivity contribution in [2.75, 3.05) is 13.7 Å². The summed E-state index contributed by atoms with van der Waals surface area (Å²) in [5.74, 6) is 0.688. The van der Waals surface area contributed by atoms with Gasteiger partial charge in [-0.05, 0) is 31.0 Å². The molecule has 0 aliphatic rings. The molecule has 1 rings (SSSR count). The summed E-state index contributed by atoms with van der Waals surface area (Å²) in [7, 11) is 1.63. The highest BCUT2D eigenvalue weighted by Gasteiger charge is 2.17. The maximum absolute atomic E-state index is 11.9. The summed E-state index contributed by atoms with van der Waals surface area (Å²) in [6, 6.07) is 7.64. The topological polar surface area (TPSA) is 64.4 Å². The Bertz CT molecular complexity index is 389. The van der Waals surface area contributed by atoms with Gasteiger partial charge in [0.25, 0.3) is 0 Å². The van der Waals surface area contributed by atoms with Crippen LogP contribution >= 0.6 is 0 Å². The van der Waals surface area contributed by atoms with E-state index < -0.39 is 0 Å². The maximum atomic E-state index is 11.9. The molecule has 2 atom stereocenters. The Labute approximate surface area is 109 Å². The first-order valence-corrected chi connectivity index (χ1v) is 6.26. The van der Waals surface area contributed by atoms with Crippen LogP contribution in [-0.2, 0) is 4.79 Å². The zero-order chi connectivity index (χ0) is 13.5. The number of amides is 1. The Hall–Kier alpha value is -1.55. The lowest BCUT2D eigenvalue weighted by Crippen LogP contribution is -2.36. The summed E-state index contributed by atoms with van der Waals surface area (Å²) < 4.78 is 5.17. The fourth-order valence-corrected chi connectivity index (χ4v) is 1.78. The summed E-state index contributed by atoms with van der Waals surface area (Å²) in [4.78, 5) is 11.9. The van der Waals surface area contributed by atoms with E-state index in [2.05, 4.69) is 5.32 Å². The number of hydrogen-bond acceptors (Lipinski definition) is 3. The molecule has 18 heavy (non-hydrogen) atoms. The Kier molecular flexibility index (Phi) is 5.65. The lowest BCUT2D eigenvalue weighted by Gasteiger charge is -2.19. The van der Waals surface area contributed by atoms with Crippen molar-refractivity contribution in [1.82, 2.24) is 5.32 Å². The van der Waals surface area contributed by atoms with Gasteiger partial charge in [-0.15, -0.1) is 0 Å². The average molecular weight is 250 g/mol. The van der Waals surface area contributed by atoms with Crippen molar-refractivity contribution >= 4 is 5.91 Å². The SMILES string of the molecule is CCC(CN)C(=O)N[C@@H](C)c1cccc(OC)c1. The fourth-order valence-electron chi connectivity index (χ4n) is 1.78. The molecule has 100 valence electrons. The van der Waals surface area contributed by atoms with E-state index >= 15 is 0 Å². The van der Waals surface area contributed by atoms with Crippen LogP contribution in [0, 0.1) is 5.92 Å². The molecule has 1 aromatic carbocycles. The third-order valence-electron chi connectivity index (χ3n) is 3.10. The molecule has 4 nitrogen and oxygen atoms in total. The minimum Gasteiger partial charge on any atom is -0.497 e. The van der Waals surface area contributed by atoms with Crippen LogP contribution in [0.25, 0.3) is 0 Å². The number of nitrogens with one attached hydrogen (secondary N) is 1. The molecule has 4 heteroatoms. The van der Waals surface area contributed by atoms with Gasteiger partial charge in [-0.3, -0.25) is 4.79 Å². The molecule has 1 unspecified atom stereocenters. The molecular formula is C14H22N2O2. The monoisotopic (exact) mass is 250 g/mol. The zero-order valence-electron chi connectivity index (χ0n) is 11.3. The van der Waals surface area contributed by atoms with Crippen LogP contribution in [-0.4, -0.2) is 19.6 Å². The number of methoxy groups -OCH3 is 1. The van der Waals surface area contributed by atoms with Crippen molar-refractivity contribution in [3.05, 3.63) is 29.8 Å². The first-order chi connectivity index (χ1) is 8.62. The van der Waals surface area contributed by atoms with E-state index in [-0.39, 0.29) is 17.9 Å². The van der Waals surface area contributed by atoms with Gasteiger partial charge in [-0.2, -0.15) is 0 Å². The van der Waals surface area contributed by atoms with Crippen LogP contribution in [0.4, 0.5) is 0 Å². The van der Waals surface area contributed by atoms with E-state index in [1.807, 2.05) is 38.1 Å². The predicted molar refractivity (Wildman–Crippen MR) is 72.4 cm³/mol. The lowest BCUT2D eigenvalue weighted by atomic mass is 10.0. The van der Waals surface area contributed by atoms with Gasteiger partial charge < -0.3 is 15.8 Å². The van der Waals surface area contributed by atoms with Crippen molar-refractivity contribution in [2.45, 2.75) is 26.3 Å². The molecule has 0 saturated carbocycles. The maximum Gasteiger partial charge on any atom is 0.224 e. The molecule has 0 bridgehead atoms. The van der Waals surface area contributed by atoms with Gasteiger partial charge in [0.1, 0.15) is 5.75 Å². The van der Waals surface area contributed by atoms with Crippen LogP contribution in [0.2, 0.25) is 0 Å². The standard InChI is InChI=1S/C14H22N2O2/c1-4-11(9-15)14(17)16-10(2)12-6-5-7-13(8-12)18-3/h5-8,10-11H,4,9,15H2,1-3H3,(H,16,17)/t10-,11?/m0/s1. The van der Waals surface area contributed by atoms with E-state index in [1.165, 1.54) is 0 Å². The highest BCUT2D eigenvalue weighted by Crippen LogP contribution is 2.19. The molecule has 0 aliphatic carbocycles. The van der Waals surface area contributed by atoms with E-state index in [0.29, 0.717) is 6.54 Å². The molecule has 0 aromatic heterocycles. The second-order valence-electron chi connectivity index (χ2n) is 4.35. The first-order valence-electron chi connectivity index (χ1n) is 6.26. The number of hydrogen-bond donors (Lipinski definition) is 2. The Morgan fingerprint density at radius 3 is 2.78 bits per heavy atom. The van der Waals surface area contributed by atoms with E-state index in [4.69, 9.17) is 10.5 Å².